The van der Waals surface area contributed by atoms with Gasteiger partial charge >= 0.3 is 12.0 Å². The SMILES string of the molecule is CC1CCN(C(=O)NC(CCC(=O)O)Cc2ccccc2)C1. The number of nitrogens with zero attached hydrogens (tertiary/aromatic N) is 1. The molecule has 1 saturated heterocycles. The third-order valence-electron chi connectivity index (χ3n) is 4.07. The lowest BCUT2D eigenvalue weighted by Crippen LogP contribution is -2.45. The first kappa shape index (κ1) is 16.3. The largest absolute Gasteiger partial charge is 0.481 e. The molecule has 1 aromatic rings. The Morgan fingerprint density at radius 2 is 2.09 bits per heavy atom. The molecule has 2 unspecified atom stereocenters. The summed E-state index contributed by atoms with van der Waals surface area (Å²) in [5.74, 6) is -0.292. The summed E-state index contributed by atoms with van der Waals surface area (Å²) in [5, 5.41) is 11.9. The normalized spacial score (nSPS) is 19.0. The van der Waals surface area contributed by atoms with Crippen molar-refractivity contribution in [2.24, 2.45) is 5.92 Å². The zero-order valence-corrected chi connectivity index (χ0v) is 13.0. The molecule has 1 aromatic carbocycles. The van der Waals surface area contributed by atoms with Gasteiger partial charge in [0.05, 0.1) is 0 Å². The monoisotopic (exact) mass is 304 g/mol. The van der Waals surface area contributed by atoms with Gasteiger partial charge in [-0.1, -0.05) is 37.3 Å². The second-order valence-electron chi connectivity index (χ2n) is 6.11. The summed E-state index contributed by atoms with van der Waals surface area (Å²) in [5.41, 5.74) is 1.10. The van der Waals surface area contributed by atoms with E-state index in [4.69, 9.17) is 5.11 Å². The number of carbonyl (C=O) groups excluding carboxylic acids is 1. The van der Waals surface area contributed by atoms with Gasteiger partial charge in [0, 0.05) is 25.6 Å². The molecule has 0 radical (unpaired) electrons. The molecule has 0 spiro atoms. The van der Waals surface area contributed by atoms with Gasteiger partial charge in [-0.15, -0.1) is 0 Å². The Morgan fingerprint density at radius 3 is 2.68 bits per heavy atom. The second kappa shape index (κ2) is 7.82. The van der Waals surface area contributed by atoms with E-state index in [0.29, 0.717) is 18.8 Å². The van der Waals surface area contributed by atoms with E-state index in [1.165, 1.54) is 0 Å². The molecule has 2 atom stereocenters. The highest BCUT2D eigenvalue weighted by molar-refractivity contribution is 5.75. The number of hydrogen-bond donors (Lipinski definition) is 2. The fourth-order valence-electron chi connectivity index (χ4n) is 2.81. The summed E-state index contributed by atoms with van der Waals surface area (Å²) in [4.78, 5) is 24.9. The van der Waals surface area contributed by atoms with Gasteiger partial charge in [0.2, 0.25) is 0 Å². The van der Waals surface area contributed by atoms with Crippen LogP contribution in [0.4, 0.5) is 4.79 Å². The molecule has 5 heteroatoms. The van der Waals surface area contributed by atoms with Crippen LogP contribution in [0.1, 0.15) is 31.7 Å². The molecule has 120 valence electrons. The van der Waals surface area contributed by atoms with E-state index in [1.807, 2.05) is 35.2 Å². The number of likely N-dealkylation sites (tertiary alicyclic amines) is 1. The van der Waals surface area contributed by atoms with E-state index in [1.54, 1.807) is 0 Å². The average Bonchev–Trinajstić information content (AvgIpc) is 2.92. The van der Waals surface area contributed by atoms with Crippen molar-refractivity contribution in [2.75, 3.05) is 13.1 Å². The Hall–Kier alpha value is -2.04. The highest BCUT2D eigenvalue weighted by Gasteiger charge is 2.25. The first-order valence-corrected chi connectivity index (χ1v) is 7.85. The molecule has 1 fully saturated rings. The van der Waals surface area contributed by atoms with Crippen LogP contribution in [0.5, 0.6) is 0 Å². The van der Waals surface area contributed by atoms with Crippen LogP contribution < -0.4 is 5.32 Å². The van der Waals surface area contributed by atoms with Crippen LogP contribution in [0.15, 0.2) is 30.3 Å². The van der Waals surface area contributed by atoms with Crippen molar-refractivity contribution in [1.29, 1.82) is 0 Å². The molecule has 5 nitrogen and oxygen atoms in total. The predicted molar refractivity (Wildman–Crippen MR) is 84.7 cm³/mol. The van der Waals surface area contributed by atoms with E-state index in [-0.39, 0.29) is 18.5 Å². The van der Waals surface area contributed by atoms with Gasteiger partial charge in [0.15, 0.2) is 0 Å². The summed E-state index contributed by atoms with van der Waals surface area (Å²) < 4.78 is 0. The average molecular weight is 304 g/mol. The highest BCUT2D eigenvalue weighted by atomic mass is 16.4. The summed E-state index contributed by atoms with van der Waals surface area (Å²) >= 11 is 0. The molecule has 0 bridgehead atoms. The number of rotatable bonds is 6. The molecule has 0 aliphatic carbocycles. The molecular weight excluding hydrogens is 280 g/mol. The van der Waals surface area contributed by atoms with E-state index >= 15 is 0 Å². The van der Waals surface area contributed by atoms with Gasteiger partial charge in [-0.25, -0.2) is 4.79 Å². The minimum absolute atomic E-state index is 0.0637. The van der Waals surface area contributed by atoms with Gasteiger partial charge in [-0.2, -0.15) is 0 Å². The first-order chi connectivity index (χ1) is 10.5. The standard InChI is InChI=1S/C17H24N2O3/c1-13-9-10-19(12-13)17(22)18-15(7-8-16(20)21)11-14-5-3-2-4-6-14/h2-6,13,15H,7-12H2,1H3,(H,18,22)(H,20,21). The van der Waals surface area contributed by atoms with Gasteiger partial charge in [0.25, 0.3) is 0 Å². The third-order valence-corrected chi connectivity index (χ3v) is 4.07. The minimum atomic E-state index is -0.831. The molecular formula is C17H24N2O3. The number of urea groups is 1. The topological polar surface area (TPSA) is 69.6 Å². The Balaban J connectivity index is 1.94. The maximum Gasteiger partial charge on any atom is 0.317 e. The number of carboxylic acid groups (broad SMARTS) is 1. The Labute approximate surface area is 131 Å². The zero-order chi connectivity index (χ0) is 15.9. The molecule has 2 rings (SSSR count). The van der Waals surface area contributed by atoms with Crippen LogP contribution in [-0.4, -0.2) is 41.1 Å². The van der Waals surface area contributed by atoms with Crippen LogP contribution in [0.2, 0.25) is 0 Å². The smallest absolute Gasteiger partial charge is 0.317 e. The van der Waals surface area contributed by atoms with Crippen LogP contribution in [0, 0.1) is 5.92 Å². The lowest BCUT2D eigenvalue weighted by atomic mass is 10.0. The van der Waals surface area contributed by atoms with E-state index < -0.39 is 5.97 Å². The molecule has 0 saturated carbocycles. The summed E-state index contributed by atoms with van der Waals surface area (Å²) in [6, 6.07) is 9.62. The number of hydrogen-bond acceptors (Lipinski definition) is 2. The van der Waals surface area contributed by atoms with Gasteiger partial charge in [-0.05, 0) is 30.7 Å². The zero-order valence-electron chi connectivity index (χ0n) is 13.0. The van der Waals surface area contributed by atoms with Crippen molar-refractivity contribution >= 4 is 12.0 Å². The Bertz CT molecular complexity index is 504. The number of carbonyl (C=O) groups is 2. The third kappa shape index (κ3) is 5.06. The number of aliphatic carboxylic acids is 1. The van der Waals surface area contributed by atoms with Gasteiger partial charge in [0.1, 0.15) is 0 Å². The Kier molecular flexibility index (Phi) is 5.81. The fourth-order valence-corrected chi connectivity index (χ4v) is 2.81. The molecule has 22 heavy (non-hydrogen) atoms. The summed E-state index contributed by atoms with van der Waals surface area (Å²) in [7, 11) is 0. The molecule has 0 aromatic heterocycles. The van der Waals surface area contributed by atoms with Gasteiger partial charge < -0.3 is 15.3 Å². The van der Waals surface area contributed by atoms with Crippen LogP contribution in [0.3, 0.4) is 0 Å². The highest BCUT2D eigenvalue weighted by Crippen LogP contribution is 2.16. The lowest BCUT2D eigenvalue weighted by Gasteiger charge is -2.23. The number of amides is 2. The minimum Gasteiger partial charge on any atom is -0.481 e. The van der Waals surface area contributed by atoms with Gasteiger partial charge in [-0.3, -0.25) is 4.79 Å². The van der Waals surface area contributed by atoms with E-state index in [9.17, 15) is 9.59 Å². The number of benzene rings is 1. The Morgan fingerprint density at radius 1 is 1.36 bits per heavy atom. The second-order valence-corrected chi connectivity index (χ2v) is 6.11. The van der Waals surface area contributed by atoms with Crippen molar-refractivity contribution in [3.8, 4) is 0 Å². The number of nitrogens with one attached hydrogen (secondary N) is 1. The summed E-state index contributed by atoms with van der Waals surface area (Å²) in [6.07, 6.45) is 2.20. The van der Waals surface area contributed by atoms with E-state index in [0.717, 1.165) is 25.1 Å². The molecule has 1 aliphatic heterocycles. The fraction of sp³-hybridized carbons (Fsp3) is 0.529. The van der Waals surface area contributed by atoms with Crippen molar-refractivity contribution < 1.29 is 14.7 Å². The van der Waals surface area contributed by atoms with Crippen molar-refractivity contribution in [3.05, 3.63) is 35.9 Å². The molecule has 1 heterocycles. The van der Waals surface area contributed by atoms with Crippen LogP contribution in [-0.2, 0) is 11.2 Å². The quantitative estimate of drug-likeness (QED) is 0.848. The maximum absolute atomic E-state index is 12.3. The molecule has 2 N–H and O–H groups in total. The predicted octanol–water partition coefficient (Wildman–Crippen LogP) is 2.51. The van der Waals surface area contributed by atoms with E-state index in [2.05, 4.69) is 12.2 Å². The maximum atomic E-state index is 12.3. The summed E-state index contributed by atoms with van der Waals surface area (Å²) in [6.45, 7) is 3.70. The van der Waals surface area contributed by atoms with Crippen molar-refractivity contribution in [2.45, 2.75) is 38.6 Å². The van der Waals surface area contributed by atoms with Crippen molar-refractivity contribution in [1.82, 2.24) is 10.2 Å². The van der Waals surface area contributed by atoms with Crippen molar-refractivity contribution in [3.63, 3.8) is 0 Å². The first-order valence-electron chi connectivity index (χ1n) is 7.85. The van der Waals surface area contributed by atoms with Crippen LogP contribution in [0.25, 0.3) is 0 Å². The lowest BCUT2D eigenvalue weighted by molar-refractivity contribution is -0.137. The number of carboxylic acids is 1. The molecule has 1 aliphatic rings. The molecule has 2 amide bonds. The van der Waals surface area contributed by atoms with Crippen LogP contribution >= 0.6 is 0 Å².